The van der Waals surface area contributed by atoms with E-state index in [0.29, 0.717) is 5.56 Å². The third kappa shape index (κ3) is 6.04. The summed E-state index contributed by atoms with van der Waals surface area (Å²) in [6.45, 7) is 1.94. The van der Waals surface area contributed by atoms with Crippen molar-refractivity contribution in [1.29, 1.82) is 0 Å². The zero-order chi connectivity index (χ0) is 18.4. The lowest BCUT2D eigenvalue weighted by molar-refractivity contribution is 0.0934. The lowest BCUT2D eigenvalue weighted by atomic mass is 10.2. The molecule has 1 atom stereocenters. The first-order chi connectivity index (χ1) is 11.8. The summed E-state index contributed by atoms with van der Waals surface area (Å²) in [6, 6.07) is 16.2. The van der Waals surface area contributed by atoms with Crippen LogP contribution in [-0.2, 0) is 0 Å². The normalized spacial score (nSPS) is 12.2. The molecular formula is C17H16Cl3N3OS. The van der Waals surface area contributed by atoms with Gasteiger partial charge in [0.05, 0.1) is 0 Å². The van der Waals surface area contributed by atoms with Gasteiger partial charge in [0.15, 0.2) is 5.11 Å². The minimum Gasteiger partial charge on any atom is -0.339 e. The zero-order valence-corrected chi connectivity index (χ0v) is 16.3. The molecule has 0 aromatic heterocycles. The quantitative estimate of drug-likeness (QED) is 0.393. The number of carbonyl (C=O) groups excluding carboxylic acids is 1. The molecule has 0 radical (unpaired) electrons. The Labute approximate surface area is 166 Å². The maximum atomic E-state index is 12.3. The first kappa shape index (κ1) is 19.8. The molecule has 0 spiro atoms. The topological polar surface area (TPSA) is 53.2 Å². The number of alkyl halides is 3. The van der Waals surface area contributed by atoms with Crippen molar-refractivity contribution in [2.24, 2.45) is 0 Å². The van der Waals surface area contributed by atoms with Crippen molar-refractivity contribution in [1.82, 2.24) is 10.6 Å². The molecule has 1 amide bonds. The highest BCUT2D eigenvalue weighted by molar-refractivity contribution is 7.80. The number of rotatable bonds is 4. The van der Waals surface area contributed by atoms with E-state index in [0.717, 1.165) is 11.3 Å². The summed E-state index contributed by atoms with van der Waals surface area (Å²) in [5.74, 6) is -0.386. The second kappa shape index (κ2) is 8.72. The maximum absolute atomic E-state index is 12.3. The average Bonchev–Trinajstić information content (AvgIpc) is 2.56. The Bertz CT molecular complexity index is 750. The maximum Gasteiger partial charge on any atom is 0.252 e. The van der Waals surface area contributed by atoms with Gasteiger partial charge in [0.25, 0.3) is 5.91 Å². The molecule has 2 rings (SSSR count). The second-order valence-corrected chi connectivity index (χ2v) is 8.00. The molecule has 2 aromatic carbocycles. The van der Waals surface area contributed by atoms with Gasteiger partial charge in [-0.15, -0.1) is 0 Å². The van der Waals surface area contributed by atoms with Crippen LogP contribution >= 0.6 is 47.0 Å². The van der Waals surface area contributed by atoms with Gasteiger partial charge in [-0.25, -0.2) is 0 Å². The minimum atomic E-state index is -1.80. The van der Waals surface area contributed by atoms with Crippen LogP contribution < -0.4 is 16.0 Å². The largest absolute Gasteiger partial charge is 0.339 e. The molecule has 2 aromatic rings. The van der Waals surface area contributed by atoms with Crippen LogP contribution in [0.15, 0.2) is 54.6 Å². The number of carbonyl (C=O) groups is 1. The molecule has 0 saturated heterocycles. The number of amides is 1. The first-order valence-corrected chi connectivity index (χ1v) is 8.87. The third-order valence-corrected chi connectivity index (χ3v) is 4.18. The molecular weight excluding hydrogens is 401 g/mol. The smallest absolute Gasteiger partial charge is 0.252 e. The van der Waals surface area contributed by atoms with Gasteiger partial charge in [-0.2, -0.15) is 0 Å². The molecule has 132 valence electrons. The summed E-state index contributed by atoms with van der Waals surface area (Å²) in [4.78, 5) is 12.3. The van der Waals surface area contributed by atoms with E-state index in [1.165, 1.54) is 0 Å². The fourth-order valence-electron chi connectivity index (χ4n) is 2.01. The fourth-order valence-corrected chi connectivity index (χ4v) is 2.56. The third-order valence-electron chi connectivity index (χ3n) is 3.31. The van der Waals surface area contributed by atoms with Crippen molar-refractivity contribution >= 4 is 63.7 Å². The van der Waals surface area contributed by atoms with Gasteiger partial charge in [-0.1, -0.05) is 71.2 Å². The molecule has 0 aliphatic heterocycles. The summed E-state index contributed by atoms with van der Waals surface area (Å²) in [5, 5.41) is 8.70. The highest BCUT2D eigenvalue weighted by Crippen LogP contribution is 2.29. The van der Waals surface area contributed by atoms with Crippen molar-refractivity contribution in [3.63, 3.8) is 0 Å². The Hall–Kier alpha value is -1.53. The highest BCUT2D eigenvalue weighted by atomic mass is 35.6. The van der Waals surface area contributed by atoms with E-state index in [-0.39, 0.29) is 11.0 Å². The van der Waals surface area contributed by atoms with Gasteiger partial charge in [0.1, 0.15) is 6.17 Å². The number of halogens is 3. The van der Waals surface area contributed by atoms with E-state index < -0.39 is 9.96 Å². The lowest BCUT2D eigenvalue weighted by Gasteiger charge is -2.28. The molecule has 0 heterocycles. The van der Waals surface area contributed by atoms with Crippen LogP contribution in [0.4, 0.5) is 5.69 Å². The number of anilines is 1. The summed E-state index contributed by atoms with van der Waals surface area (Å²) < 4.78 is -1.80. The second-order valence-electron chi connectivity index (χ2n) is 5.23. The van der Waals surface area contributed by atoms with Crippen LogP contribution in [0.25, 0.3) is 0 Å². The molecule has 4 nitrogen and oxygen atoms in total. The predicted molar refractivity (Wildman–Crippen MR) is 109 cm³/mol. The van der Waals surface area contributed by atoms with E-state index in [4.69, 9.17) is 47.0 Å². The SMILES string of the molecule is Cc1ccccc1NC(=S)N[C@H](NC(=O)c1ccccc1)C(Cl)(Cl)Cl. The number of hydrogen-bond donors (Lipinski definition) is 3. The Morgan fingerprint density at radius 3 is 2.20 bits per heavy atom. The highest BCUT2D eigenvalue weighted by Gasteiger charge is 2.34. The minimum absolute atomic E-state index is 0.221. The lowest BCUT2D eigenvalue weighted by Crippen LogP contribution is -2.56. The number of nitrogens with one attached hydrogen (secondary N) is 3. The van der Waals surface area contributed by atoms with Gasteiger partial charge >= 0.3 is 0 Å². The number of aryl methyl sites for hydroxylation is 1. The van der Waals surface area contributed by atoms with Gasteiger partial charge in [0.2, 0.25) is 3.79 Å². The van der Waals surface area contributed by atoms with Crippen LogP contribution in [0, 0.1) is 6.92 Å². The molecule has 0 bridgehead atoms. The van der Waals surface area contributed by atoms with Gasteiger partial charge < -0.3 is 16.0 Å². The Morgan fingerprint density at radius 2 is 1.60 bits per heavy atom. The molecule has 8 heteroatoms. The molecule has 0 saturated carbocycles. The summed E-state index contributed by atoms with van der Waals surface area (Å²) >= 11 is 23.2. The van der Waals surface area contributed by atoms with Crippen LogP contribution in [0.2, 0.25) is 0 Å². The zero-order valence-electron chi connectivity index (χ0n) is 13.2. The molecule has 0 aliphatic carbocycles. The Kier molecular flexibility index (Phi) is 6.90. The van der Waals surface area contributed by atoms with Crippen LogP contribution in [0.3, 0.4) is 0 Å². The number of benzene rings is 2. The fraction of sp³-hybridized carbons (Fsp3) is 0.176. The van der Waals surface area contributed by atoms with Crippen molar-refractivity contribution < 1.29 is 4.79 Å². The van der Waals surface area contributed by atoms with E-state index in [9.17, 15) is 4.79 Å². The van der Waals surface area contributed by atoms with E-state index in [1.54, 1.807) is 24.3 Å². The van der Waals surface area contributed by atoms with Gasteiger partial charge in [0, 0.05) is 11.3 Å². The van der Waals surface area contributed by atoms with Crippen molar-refractivity contribution in [2.45, 2.75) is 16.9 Å². The van der Waals surface area contributed by atoms with E-state index >= 15 is 0 Å². The molecule has 0 unspecified atom stereocenters. The van der Waals surface area contributed by atoms with E-state index in [1.807, 2.05) is 37.3 Å². The molecule has 3 N–H and O–H groups in total. The molecule has 0 fully saturated rings. The monoisotopic (exact) mass is 415 g/mol. The van der Waals surface area contributed by atoms with Gasteiger partial charge in [-0.3, -0.25) is 4.79 Å². The van der Waals surface area contributed by atoms with Crippen LogP contribution in [-0.4, -0.2) is 21.0 Å². The van der Waals surface area contributed by atoms with Crippen LogP contribution in [0.5, 0.6) is 0 Å². The summed E-state index contributed by atoms with van der Waals surface area (Å²) in [6.07, 6.45) is -1.02. The van der Waals surface area contributed by atoms with Crippen molar-refractivity contribution in [2.75, 3.05) is 5.32 Å². The average molecular weight is 417 g/mol. The summed E-state index contributed by atoms with van der Waals surface area (Å²) in [7, 11) is 0. The predicted octanol–water partition coefficient (Wildman–Crippen LogP) is 4.41. The van der Waals surface area contributed by atoms with Crippen molar-refractivity contribution in [3.05, 3.63) is 65.7 Å². The van der Waals surface area contributed by atoms with E-state index in [2.05, 4.69) is 16.0 Å². The van der Waals surface area contributed by atoms with Gasteiger partial charge in [-0.05, 0) is 42.9 Å². The Balaban J connectivity index is 2.06. The van der Waals surface area contributed by atoms with Crippen molar-refractivity contribution in [3.8, 4) is 0 Å². The molecule has 25 heavy (non-hydrogen) atoms. The summed E-state index contributed by atoms with van der Waals surface area (Å²) in [5.41, 5.74) is 2.27. The Morgan fingerprint density at radius 1 is 1.00 bits per heavy atom. The standard InChI is InChI=1S/C17H16Cl3N3OS/c1-11-7-5-6-10-13(11)21-16(25)23-15(17(18,19)20)22-14(24)12-8-3-2-4-9-12/h2-10,15H,1H3,(H,22,24)(H2,21,23,25)/t15-/m0/s1. The number of para-hydroxylation sites is 1. The first-order valence-electron chi connectivity index (χ1n) is 7.33. The number of hydrogen-bond acceptors (Lipinski definition) is 2. The number of thiocarbonyl (C=S) groups is 1. The molecule has 0 aliphatic rings. The van der Waals surface area contributed by atoms with Crippen LogP contribution in [0.1, 0.15) is 15.9 Å².